The molecule has 2 aromatic heterocycles. The average Bonchev–Trinajstić information content (AvgIpc) is 3.29. The van der Waals surface area contributed by atoms with E-state index in [-0.39, 0.29) is 0 Å². The van der Waals surface area contributed by atoms with E-state index in [1.807, 2.05) is 19.6 Å². The van der Waals surface area contributed by atoms with E-state index in [0.717, 1.165) is 18.8 Å². The van der Waals surface area contributed by atoms with Crippen LogP contribution in [0.3, 0.4) is 0 Å². The summed E-state index contributed by atoms with van der Waals surface area (Å²) in [5, 5.41) is 4.93. The molecule has 0 bridgehead atoms. The van der Waals surface area contributed by atoms with Gasteiger partial charge in [0.2, 0.25) is 0 Å². The van der Waals surface area contributed by atoms with Crippen LogP contribution in [0, 0.1) is 0 Å². The summed E-state index contributed by atoms with van der Waals surface area (Å²) in [5.41, 5.74) is 6.27. The van der Waals surface area contributed by atoms with Crippen molar-refractivity contribution in [2.75, 3.05) is 0 Å². The molecule has 0 amide bonds. The first-order valence-electron chi connectivity index (χ1n) is 9.54. The van der Waals surface area contributed by atoms with Gasteiger partial charge in [-0.2, -0.15) is 0 Å². The lowest BCUT2D eigenvalue weighted by molar-refractivity contribution is 0.575. The molecule has 2 aromatic carbocycles. The van der Waals surface area contributed by atoms with Crippen LogP contribution in [-0.2, 0) is 20.1 Å². The topological polar surface area (TPSA) is 34.8 Å². The molecule has 0 aliphatic rings. The van der Waals surface area contributed by atoms with Gasteiger partial charge in [-0.05, 0) is 37.1 Å². The van der Waals surface area contributed by atoms with Crippen LogP contribution in [0.15, 0.2) is 67.3 Å². The lowest BCUT2D eigenvalue weighted by Gasteiger charge is -2.14. The smallest absolute Gasteiger partial charge is 0.0948 e. The molecular weight excluding hydrogens is 332 g/mol. The van der Waals surface area contributed by atoms with Gasteiger partial charge in [0.15, 0.2) is 0 Å². The van der Waals surface area contributed by atoms with Crippen molar-refractivity contribution in [3.05, 3.63) is 78.4 Å². The molecule has 4 aromatic rings. The fourth-order valence-corrected chi connectivity index (χ4v) is 3.67. The van der Waals surface area contributed by atoms with Crippen LogP contribution in [0.1, 0.15) is 31.0 Å². The van der Waals surface area contributed by atoms with Gasteiger partial charge in [0.05, 0.1) is 18.2 Å². The molecule has 0 unspecified atom stereocenters. The van der Waals surface area contributed by atoms with Crippen molar-refractivity contribution in [1.29, 1.82) is 0 Å². The van der Waals surface area contributed by atoms with E-state index < -0.39 is 0 Å². The number of benzene rings is 2. The minimum absolute atomic E-state index is 0.318. The second kappa shape index (κ2) is 7.41. The molecule has 1 atom stereocenters. The number of fused-ring (bicyclic) bond motifs is 1. The van der Waals surface area contributed by atoms with Crippen molar-refractivity contribution >= 4 is 10.9 Å². The van der Waals surface area contributed by atoms with Crippen LogP contribution in [0.4, 0.5) is 0 Å². The number of hydrogen-bond donors (Lipinski definition) is 1. The van der Waals surface area contributed by atoms with Gasteiger partial charge in [-0.15, -0.1) is 0 Å². The van der Waals surface area contributed by atoms with E-state index >= 15 is 0 Å². The first kappa shape index (κ1) is 17.6. The Morgan fingerprint density at radius 2 is 1.93 bits per heavy atom. The lowest BCUT2D eigenvalue weighted by atomic mass is 10.1. The van der Waals surface area contributed by atoms with E-state index in [4.69, 9.17) is 0 Å². The number of aryl methyl sites for hydroxylation is 2. The van der Waals surface area contributed by atoms with Gasteiger partial charge in [0.1, 0.15) is 0 Å². The number of hydrogen-bond acceptors (Lipinski definition) is 2. The van der Waals surface area contributed by atoms with Crippen molar-refractivity contribution in [2.24, 2.45) is 7.05 Å². The molecule has 0 fully saturated rings. The average molecular weight is 358 g/mol. The SMILES string of the molecule is CCn1cc(-c2cncn2C)c2cc(CN[C@H](C)c3ccccc3)ccc21. The Labute approximate surface area is 160 Å². The van der Waals surface area contributed by atoms with Crippen LogP contribution in [-0.4, -0.2) is 14.1 Å². The molecule has 0 radical (unpaired) electrons. The number of nitrogens with zero attached hydrogens (tertiary/aromatic N) is 3. The van der Waals surface area contributed by atoms with Gasteiger partial charge in [0, 0.05) is 48.8 Å². The zero-order chi connectivity index (χ0) is 18.8. The Kier molecular flexibility index (Phi) is 4.82. The molecule has 4 nitrogen and oxygen atoms in total. The lowest BCUT2D eigenvalue weighted by Crippen LogP contribution is -2.17. The van der Waals surface area contributed by atoms with Gasteiger partial charge < -0.3 is 14.5 Å². The molecule has 0 saturated heterocycles. The number of rotatable bonds is 6. The molecule has 0 saturated carbocycles. The Morgan fingerprint density at radius 3 is 2.63 bits per heavy atom. The van der Waals surface area contributed by atoms with Crippen molar-refractivity contribution in [2.45, 2.75) is 33.0 Å². The normalized spacial score (nSPS) is 12.6. The summed E-state index contributed by atoms with van der Waals surface area (Å²) in [5.74, 6) is 0. The summed E-state index contributed by atoms with van der Waals surface area (Å²) in [6, 6.07) is 17.7. The summed E-state index contributed by atoms with van der Waals surface area (Å²) in [4.78, 5) is 4.30. The Morgan fingerprint density at radius 1 is 1.11 bits per heavy atom. The Balaban J connectivity index is 1.64. The van der Waals surface area contributed by atoms with Gasteiger partial charge in [-0.3, -0.25) is 0 Å². The molecule has 4 rings (SSSR count). The van der Waals surface area contributed by atoms with Crippen molar-refractivity contribution < 1.29 is 0 Å². The molecule has 0 aliphatic carbocycles. The van der Waals surface area contributed by atoms with E-state index in [2.05, 4.69) is 88.0 Å². The molecule has 1 N–H and O–H groups in total. The zero-order valence-electron chi connectivity index (χ0n) is 16.2. The highest BCUT2D eigenvalue weighted by molar-refractivity contribution is 5.95. The minimum atomic E-state index is 0.318. The second-order valence-electron chi connectivity index (χ2n) is 7.08. The largest absolute Gasteiger partial charge is 0.347 e. The molecule has 0 spiro atoms. The van der Waals surface area contributed by atoms with Crippen LogP contribution in [0.5, 0.6) is 0 Å². The molecular formula is C23H26N4. The zero-order valence-corrected chi connectivity index (χ0v) is 16.2. The number of nitrogens with one attached hydrogen (secondary N) is 1. The predicted octanol–water partition coefficient (Wildman–Crippen LogP) is 4.91. The van der Waals surface area contributed by atoms with Crippen LogP contribution in [0.2, 0.25) is 0 Å². The maximum Gasteiger partial charge on any atom is 0.0948 e. The maximum atomic E-state index is 4.30. The van der Waals surface area contributed by atoms with E-state index in [9.17, 15) is 0 Å². The van der Waals surface area contributed by atoms with E-state index in [0.29, 0.717) is 6.04 Å². The highest BCUT2D eigenvalue weighted by Crippen LogP contribution is 2.31. The summed E-state index contributed by atoms with van der Waals surface area (Å²) in [7, 11) is 2.05. The molecule has 27 heavy (non-hydrogen) atoms. The molecule has 2 heterocycles. The van der Waals surface area contributed by atoms with Gasteiger partial charge in [-0.1, -0.05) is 36.4 Å². The predicted molar refractivity (Wildman–Crippen MR) is 112 cm³/mol. The fraction of sp³-hybridized carbons (Fsp3) is 0.261. The van der Waals surface area contributed by atoms with Crippen LogP contribution in [0.25, 0.3) is 22.2 Å². The Bertz CT molecular complexity index is 1040. The van der Waals surface area contributed by atoms with Crippen molar-refractivity contribution in [3.8, 4) is 11.3 Å². The monoisotopic (exact) mass is 358 g/mol. The van der Waals surface area contributed by atoms with Crippen molar-refractivity contribution in [1.82, 2.24) is 19.4 Å². The third kappa shape index (κ3) is 3.40. The van der Waals surface area contributed by atoms with E-state index in [1.165, 1.54) is 27.6 Å². The van der Waals surface area contributed by atoms with Gasteiger partial charge >= 0.3 is 0 Å². The summed E-state index contributed by atoms with van der Waals surface area (Å²) in [6.07, 6.45) is 6.04. The standard InChI is InChI=1S/C23H26N4/c1-4-27-15-21(23-14-24-16-26(23)3)20-12-18(10-11-22(20)27)13-25-17(2)19-8-6-5-7-9-19/h5-12,14-17,25H,4,13H2,1-3H3/t17-/m1/s1. The van der Waals surface area contributed by atoms with Crippen LogP contribution < -0.4 is 5.32 Å². The minimum Gasteiger partial charge on any atom is -0.347 e. The quantitative estimate of drug-likeness (QED) is 0.531. The fourth-order valence-electron chi connectivity index (χ4n) is 3.67. The summed E-state index contributed by atoms with van der Waals surface area (Å²) >= 11 is 0. The maximum absolute atomic E-state index is 4.30. The summed E-state index contributed by atoms with van der Waals surface area (Å²) in [6.45, 7) is 6.19. The third-order valence-corrected chi connectivity index (χ3v) is 5.29. The van der Waals surface area contributed by atoms with Crippen LogP contribution >= 0.6 is 0 Å². The van der Waals surface area contributed by atoms with Gasteiger partial charge in [0.25, 0.3) is 0 Å². The first-order chi connectivity index (χ1) is 13.2. The summed E-state index contributed by atoms with van der Waals surface area (Å²) < 4.78 is 4.39. The molecule has 0 aliphatic heterocycles. The highest BCUT2D eigenvalue weighted by atomic mass is 15.0. The Hall–Kier alpha value is -2.85. The van der Waals surface area contributed by atoms with Gasteiger partial charge in [-0.25, -0.2) is 4.98 Å². The van der Waals surface area contributed by atoms with Crippen molar-refractivity contribution in [3.63, 3.8) is 0 Å². The third-order valence-electron chi connectivity index (χ3n) is 5.29. The first-order valence-corrected chi connectivity index (χ1v) is 9.54. The highest BCUT2D eigenvalue weighted by Gasteiger charge is 2.13. The number of imidazole rings is 1. The molecule has 138 valence electrons. The molecule has 4 heteroatoms. The second-order valence-corrected chi connectivity index (χ2v) is 7.08. The van der Waals surface area contributed by atoms with E-state index in [1.54, 1.807) is 0 Å². The number of aromatic nitrogens is 3.